The monoisotopic (exact) mass is 414 g/mol. The maximum Gasteiger partial charge on any atom is 0.266 e. The van der Waals surface area contributed by atoms with Gasteiger partial charge in [0.1, 0.15) is 10.4 Å². The third kappa shape index (κ3) is 3.20. The van der Waals surface area contributed by atoms with Crippen molar-refractivity contribution in [2.75, 3.05) is 13.7 Å². The molecule has 3 N–H and O–H groups in total. The molecule has 6 heteroatoms. The van der Waals surface area contributed by atoms with Crippen LogP contribution in [-0.4, -0.2) is 18.6 Å². The fourth-order valence-corrected chi connectivity index (χ4v) is 4.43. The third-order valence-corrected chi connectivity index (χ3v) is 6.12. The van der Waals surface area contributed by atoms with E-state index >= 15 is 0 Å². The van der Waals surface area contributed by atoms with E-state index in [0.717, 1.165) is 43.4 Å². The first-order chi connectivity index (χ1) is 13.0. The first-order valence-electron chi connectivity index (χ1n) is 8.96. The Labute approximate surface area is 173 Å². The van der Waals surface area contributed by atoms with E-state index < -0.39 is 0 Å². The van der Waals surface area contributed by atoms with Crippen LogP contribution in [0.15, 0.2) is 46.6 Å². The van der Waals surface area contributed by atoms with Crippen molar-refractivity contribution in [3.63, 3.8) is 0 Å². The van der Waals surface area contributed by atoms with Gasteiger partial charge in [0.15, 0.2) is 0 Å². The number of hydrogen-bond donors (Lipinski definition) is 2. The van der Waals surface area contributed by atoms with Crippen LogP contribution in [0.4, 0.5) is 0 Å². The van der Waals surface area contributed by atoms with Crippen LogP contribution in [0.1, 0.15) is 24.0 Å². The number of hydrogen-bond acceptors (Lipinski definition) is 4. The van der Waals surface area contributed by atoms with Crippen molar-refractivity contribution < 1.29 is 4.74 Å². The average molecular weight is 415 g/mol. The fraction of sp³-hybridized carbons (Fsp3) is 0.227. The van der Waals surface area contributed by atoms with E-state index in [2.05, 4.69) is 36.2 Å². The van der Waals surface area contributed by atoms with Gasteiger partial charge in [0.2, 0.25) is 0 Å². The first kappa shape index (κ1) is 20.4. The Morgan fingerprint density at radius 3 is 2.57 bits per heavy atom. The lowest BCUT2D eigenvalue weighted by Crippen LogP contribution is -2.08. The normalized spacial score (nSPS) is 12.1. The zero-order chi connectivity index (χ0) is 19.1. The SMILES string of the molecule is COc1cc(C)c2[nH]c(=O)c3sccc3c2c1-c1ccc([C@@H](C)CN)cc1.Cl. The lowest BCUT2D eigenvalue weighted by molar-refractivity contribution is 0.416. The summed E-state index contributed by atoms with van der Waals surface area (Å²) in [5.41, 5.74) is 10.9. The Balaban J connectivity index is 0.00000225. The lowest BCUT2D eigenvalue weighted by Gasteiger charge is -2.16. The minimum atomic E-state index is -0.0427. The molecule has 0 saturated heterocycles. The number of pyridine rings is 1. The van der Waals surface area contributed by atoms with Gasteiger partial charge in [0.05, 0.1) is 12.6 Å². The molecule has 4 aromatic rings. The maximum atomic E-state index is 12.5. The topological polar surface area (TPSA) is 68.1 Å². The molecule has 0 spiro atoms. The van der Waals surface area contributed by atoms with E-state index in [4.69, 9.17) is 10.5 Å². The molecule has 0 saturated carbocycles. The van der Waals surface area contributed by atoms with E-state index in [-0.39, 0.29) is 18.0 Å². The van der Waals surface area contributed by atoms with Crippen molar-refractivity contribution in [2.45, 2.75) is 19.8 Å². The molecule has 2 heterocycles. The third-order valence-electron chi connectivity index (χ3n) is 5.21. The summed E-state index contributed by atoms with van der Waals surface area (Å²) in [6.45, 7) is 4.73. The average Bonchev–Trinajstić information content (AvgIpc) is 3.18. The standard InChI is InChI=1S/C22H22N2O2S.ClH/c1-12-10-17(26-3)18(15-6-4-14(5-7-15)13(2)11-23)19-16-8-9-27-21(16)22(25)24-20(12)19;/h4-10,13H,11,23H2,1-3H3,(H,24,25);1H/t13-;/m0./s1. The highest BCUT2D eigenvalue weighted by atomic mass is 35.5. The summed E-state index contributed by atoms with van der Waals surface area (Å²) in [6, 6.07) is 12.5. The summed E-state index contributed by atoms with van der Waals surface area (Å²) >= 11 is 1.46. The van der Waals surface area contributed by atoms with E-state index in [1.165, 1.54) is 16.9 Å². The molecule has 2 aromatic carbocycles. The van der Waals surface area contributed by atoms with Crippen molar-refractivity contribution >= 4 is 44.7 Å². The highest BCUT2D eigenvalue weighted by Crippen LogP contribution is 2.41. The maximum absolute atomic E-state index is 12.5. The predicted molar refractivity (Wildman–Crippen MR) is 121 cm³/mol. The van der Waals surface area contributed by atoms with Crippen molar-refractivity contribution in [1.82, 2.24) is 4.98 Å². The number of aryl methyl sites for hydroxylation is 1. The molecule has 0 bridgehead atoms. The molecule has 4 nitrogen and oxygen atoms in total. The minimum Gasteiger partial charge on any atom is -0.496 e. The van der Waals surface area contributed by atoms with Gasteiger partial charge < -0.3 is 15.5 Å². The summed E-state index contributed by atoms with van der Waals surface area (Å²) in [4.78, 5) is 15.5. The van der Waals surface area contributed by atoms with Gasteiger partial charge in [-0.05, 0) is 53.6 Å². The number of ether oxygens (including phenoxy) is 1. The fourth-order valence-electron chi connectivity index (χ4n) is 3.63. The van der Waals surface area contributed by atoms with Gasteiger partial charge in [-0.25, -0.2) is 0 Å². The second kappa shape index (κ2) is 7.95. The molecule has 0 aliphatic heterocycles. The number of nitrogens with two attached hydrogens (primary N) is 1. The molecule has 0 amide bonds. The molecule has 0 radical (unpaired) electrons. The molecule has 0 fully saturated rings. The van der Waals surface area contributed by atoms with E-state index in [1.807, 2.05) is 24.4 Å². The van der Waals surface area contributed by atoms with Crippen LogP contribution in [0.25, 0.3) is 32.1 Å². The number of halogens is 1. The molecule has 1 atom stereocenters. The number of nitrogens with one attached hydrogen (secondary N) is 1. The van der Waals surface area contributed by atoms with Gasteiger partial charge in [0.25, 0.3) is 5.56 Å². The quantitative estimate of drug-likeness (QED) is 0.481. The summed E-state index contributed by atoms with van der Waals surface area (Å²) in [7, 11) is 1.69. The van der Waals surface area contributed by atoms with Crippen LogP contribution >= 0.6 is 23.7 Å². The van der Waals surface area contributed by atoms with Crippen LogP contribution in [0.2, 0.25) is 0 Å². The minimum absolute atomic E-state index is 0. The summed E-state index contributed by atoms with van der Waals surface area (Å²) < 4.78 is 6.48. The lowest BCUT2D eigenvalue weighted by atomic mass is 9.93. The molecule has 0 unspecified atom stereocenters. The number of H-pyrrole nitrogens is 1. The number of rotatable bonds is 4. The van der Waals surface area contributed by atoms with Crippen LogP contribution < -0.4 is 16.0 Å². The van der Waals surface area contributed by atoms with Gasteiger partial charge in [0, 0.05) is 16.3 Å². The first-order valence-corrected chi connectivity index (χ1v) is 9.84. The second-order valence-corrected chi connectivity index (χ2v) is 7.81. The van der Waals surface area contributed by atoms with Crippen molar-refractivity contribution in [1.29, 1.82) is 0 Å². The van der Waals surface area contributed by atoms with Gasteiger partial charge in [-0.3, -0.25) is 4.79 Å². The predicted octanol–water partition coefficient (Wildman–Crippen LogP) is 5.21. The van der Waals surface area contributed by atoms with E-state index in [0.29, 0.717) is 12.5 Å². The van der Waals surface area contributed by atoms with Crippen molar-refractivity contribution in [2.24, 2.45) is 5.73 Å². The Hall–Kier alpha value is -2.34. The van der Waals surface area contributed by atoms with Crippen molar-refractivity contribution in [3.8, 4) is 16.9 Å². The van der Waals surface area contributed by atoms with E-state index in [9.17, 15) is 4.79 Å². The van der Waals surface area contributed by atoms with Crippen LogP contribution in [0.3, 0.4) is 0 Å². The summed E-state index contributed by atoms with van der Waals surface area (Å²) in [5, 5.41) is 3.96. The number of aromatic amines is 1. The van der Waals surface area contributed by atoms with E-state index in [1.54, 1.807) is 7.11 Å². The van der Waals surface area contributed by atoms with Gasteiger partial charge >= 0.3 is 0 Å². The number of aromatic nitrogens is 1. The smallest absolute Gasteiger partial charge is 0.266 e. The number of benzene rings is 2. The zero-order valence-corrected chi connectivity index (χ0v) is 17.7. The largest absolute Gasteiger partial charge is 0.496 e. The molecule has 4 rings (SSSR count). The van der Waals surface area contributed by atoms with Gasteiger partial charge in [-0.15, -0.1) is 23.7 Å². The summed E-state index contributed by atoms with van der Waals surface area (Å²) in [5.74, 6) is 1.12. The number of methoxy groups -OCH3 is 1. The Bertz CT molecular complexity index is 1200. The molecular formula is C22H23ClN2O2S. The van der Waals surface area contributed by atoms with Gasteiger partial charge in [-0.2, -0.15) is 0 Å². The molecular weight excluding hydrogens is 392 g/mol. The second-order valence-electron chi connectivity index (χ2n) is 6.90. The number of thiophene rings is 1. The Morgan fingerprint density at radius 1 is 1.21 bits per heavy atom. The summed E-state index contributed by atoms with van der Waals surface area (Å²) in [6.07, 6.45) is 0. The van der Waals surface area contributed by atoms with Crippen LogP contribution in [0.5, 0.6) is 5.75 Å². The van der Waals surface area contributed by atoms with Gasteiger partial charge in [-0.1, -0.05) is 31.2 Å². The molecule has 2 aromatic heterocycles. The van der Waals surface area contributed by atoms with Crippen LogP contribution in [0, 0.1) is 6.92 Å². The Morgan fingerprint density at radius 2 is 1.93 bits per heavy atom. The molecule has 0 aliphatic rings. The zero-order valence-electron chi connectivity index (χ0n) is 16.0. The highest BCUT2D eigenvalue weighted by Gasteiger charge is 2.18. The Kier molecular flexibility index (Phi) is 5.79. The molecule has 0 aliphatic carbocycles. The number of fused-ring (bicyclic) bond motifs is 3. The molecule has 146 valence electrons. The highest BCUT2D eigenvalue weighted by molar-refractivity contribution is 7.17. The van der Waals surface area contributed by atoms with Crippen molar-refractivity contribution in [3.05, 3.63) is 63.3 Å². The molecule has 28 heavy (non-hydrogen) atoms. The van der Waals surface area contributed by atoms with Crippen LogP contribution in [-0.2, 0) is 0 Å².